The third kappa shape index (κ3) is 3.98. The normalized spacial score (nSPS) is 15.3. The molecule has 5 rings (SSSR count). The van der Waals surface area contributed by atoms with E-state index in [2.05, 4.69) is 68.5 Å². The minimum Gasteiger partial charge on any atom is -0.321 e. The second-order valence-electron chi connectivity index (χ2n) is 8.90. The van der Waals surface area contributed by atoms with Gasteiger partial charge in [0.05, 0.1) is 5.69 Å². The summed E-state index contributed by atoms with van der Waals surface area (Å²) in [4.78, 5) is 18.1. The standard InChI is InChI=1S/C27H28N6O/c1-4-5-10-24-28-23-15-17(2)18(3)26(34)25(23)33(24)16-19-11-13-20(14-12-19)21-8-6-7-9-22(21)27-29-31-32-30-27/h6-9,11-15,18H,4-5,10,16H2,1-3H3,(H,29,30,31,32). The monoisotopic (exact) mass is 452 g/mol. The Morgan fingerprint density at radius 3 is 2.53 bits per heavy atom. The molecule has 0 fully saturated rings. The Balaban J connectivity index is 1.48. The van der Waals surface area contributed by atoms with Gasteiger partial charge in [0.1, 0.15) is 11.5 Å². The lowest BCUT2D eigenvalue weighted by Gasteiger charge is -2.19. The first-order valence-electron chi connectivity index (χ1n) is 11.8. The number of aromatic amines is 1. The van der Waals surface area contributed by atoms with Gasteiger partial charge in [-0.3, -0.25) is 4.79 Å². The lowest BCUT2D eigenvalue weighted by atomic mass is 9.89. The molecule has 0 radical (unpaired) electrons. The van der Waals surface area contributed by atoms with Crippen LogP contribution in [-0.4, -0.2) is 36.0 Å². The molecular formula is C27H28N6O. The zero-order valence-corrected chi connectivity index (χ0v) is 19.7. The van der Waals surface area contributed by atoms with Gasteiger partial charge in [0.15, 0.2) is 5.78 Å². The number of nitrogens with one attached hydrogen (secondary N) is 1. The van der Waals surface area contributed by atoms with Gasteiger partial charge in [-0.15, -0.1) is 10.2 Å². The van der Waals surface area contributed by atoms with E-state index in [4.69, 9.17) is 4.98 Å². The number of aromatic nitrogens is 6. The molecule has 7 heteroatoms. The van der Waals surface area contributed by atoms with Crippen molar-refractivity contribution >= 4 is 11.9 Å². The van der Waals surface area contributed by atoms with Crippen LogP contribution in [0.2, 0.25) is 0 Å². The summed E-state index contributed by atoms with van der Waals surface area (Å²) in [6.07, 6.45) is 5.08. The molecule has 172 valence electrons. The maximum atomic E-state index is 13.2. The van der Waals surface area contributed by atoms with Crippen molar-refractivity contribution in [3.05, 3.63) is 76.9 Å². The van der Waals surface area contributed by atoms with Crippen LogP contribution >= 0.6 is 0 Å². The number of unbranched alkanes of at least 4 members (excludes halogenated alkanes) is 1. The minimum atomic E-state index is -0.106. The molecule has 1 aliphatic carbocycles. The van der Waals surface area contributed by atoms with Crippen LogP contribution in [0.4, 0.5) is 0 Å². The van der Waals surface area contributed by atoms with Crippen molar-refractivity contribution in [1.29, 1.82) is 0 Å². The summed E-state index contributed by atoms with van der Waals surface area (Å²) in [5.41, 5.74) is 6.82. The van der Waals surface area contributed by atoms with Crippen LogP contribution in [0, 0.1) is 5.92 Å². The Morgan fingerprint density at radius 2 is 1.82 bits per heavy atom. The molecule has 2 aromatic carbocycles. The van der Waals surface area contributed by atoms with Gasteiger partial charge in [-0.1, -0.05) is 74.4 Å². The number of carbonyl (C=O) groups excluding carboxylic acids is 1. The first-order valence-corrected chi connectivity index (χ1v) is 11.8. The molecule has 0 spiro atoms. The van der Waals surface area contributed by atoms with E-state index < -0.39 is 0 Å². The molecule has 0 saturated heterocycles. The average molecular weight is 453 g/mol. The number of tetrazole rings is 1. The molecule has 34 heavy (non-hydrogen) atoms. The molecule has 2 aromatic heterocycles. The van der Waals surface area contributed by atoms with E-state index in [9.17, 15) is 4.79 Å². The van der Waals surface area contributed by atoms with Gasteiger partial charge < -0.3 is 4.57 Å². The summed E-state index contributed by atoms with van der Waals surface area (Å²) in [5, 5.41) is 14.5. The summed E-state index contributed by atoms with van der Waals surface area (Å²) in [6.45, 7) is 6.80. The Kier molecular flexibility index (Phi) is 5.92. The summed E-state index contributed by atoms with van der Waals surface area (Å²) >= 11 is 0. The molecule has 1 aliphatic rings. The predicted octanol–water partition coefficient (Wildman–Crippen LogP) is 5.36. The fourth-order valence-corrected chi connectivity index (χ4v) is 4.51. The number of benzene rings is 2. The highest BCUT2D eigenvalue weighted by atomic mass is 16.1. The molecule has 7 nitrogen and oxygen atoms in total. The molecule has 0 bridgehead atoms. The molecule has 1 unspecified atom stereocenters. The number of H-pyrrole nitrogens is 1. The van der Waals surface area contributed by atoms with Gasteiger partial charge in [0.25, 0.3) is 0 Å². The van der Waals surface area contributed by atoms with Crippen LogP contribution in [0.5, 0.6) is 0 Å². The van der Waals surface area contributed by atoms with Crippen molar-refractivity contribution in [3.8, 4) is 22.5 Å². The summed E-state index contributed by atoms with van der Waals surface area (Å²) in [6, 6.07) is 16.5. The largest absolute Gasteiger partial charge is 0.321 e. The third-order valence-corrected chi connectivity index (χ3v) is 6.62. The zero-order chi connectivity index (χ0) is 23.7. The molecule has 4 aromatic rings. The number of nitrogens with zero attached hydrogens (tertiary/aromatic N) is 5. The van der Waals surface area contributed by atoms with Crippen molar-refractivity contribution in [2.45, 2.75) is 46.6 Å². The first-order chi connectivity index (χ1) is 16.6. The highest BCUT2D eigenvalue weighted by Gasteiger charge is 2.30. The molecule has 0 amide bonds. The molecule has 0 aliphatic heterocycles. The van der Waals surface area contributed by atoms with Crippen LogP contribution in [0.25, 0.3) is 28.6 Å². The van der Waals surface area contributed by atoms with Crippen molar-refractivity contribution < 1.29 is 4.79 Å². The lowest BCUT2D eigenvalue weighted by molar-refractivity contribution is 0.0937. The second-order valence-corrected chi connectivity index (χ2v) is 8.90. The maximum Gasteiger partial charge on any atom is 0.205 e. The topological polar surface area (TPSA) is 89.3 Å². The van der Waals surface area contributed by atoms with E-state index in [0.29, 0.717) is 12.4 Å². The van der Waals surface area contributed by atoms with Gasteiger partial charge in [0, 0.05) is 24.4 Å². The molecule has 2 heterocycles. The van der Waals surface area contributed by atoms with Crippen molar-refractivity contribution in [3.63, 3.8) is 0 Å². The second kappa shape index (κ2) is 9.17. The highest BCUT2D eigenvalue weighted by Crippen LogP contribution is 2.32. The smallest absolute Gasteiger partial charge is 0.205 e. The summed E-state index contributed by atoms with van der Waals surface area (Å²) in [5.74, 6) is 1.62. The van der Waals surface area contributed by atoms with E-state index in [1.165, 1.54) is 0 Å². The Labute approximate surface area is 198 Å². The average Bonchev–Trinajstić information content (AvgIpc) is 3.50. The number of Topliss-reactive ketones (excluding diaryl/α,β-unsaturated/α-hetero) is 1. The van der Waals surface area contributed by atoms with E-state index in [1.54, 1.807) is 0 Å². The van der Waals surface area contributed by atoms with E-state index in [1.807, 2.05) is 32.0 Å². The number of rotatable bonds is 7. The van der Waals surface area contributed by atoms with Crippen LogP contribution in [0.15, 0.2) is 54.1 Å². The number of hydrogen-bond donors (Lipinski definition) is 1. The number of ketones is 1. The number of imidazole rings is 1. The maximum absolute atomic E-state index is 13.2. The van der Waals surface area contributed by atoms with Gasteiger partial charge in [0.2, 0.25) is 5.82 Å². The number of aryl methyl sites for hydroxylation is 1. The number of carbonyl (C=O) groups is 1. The quantitative estimate of drug-likeness (QED) is 0.408. The van der Waals surface area contributed by atoms with Crippen molar-refractivity contribution in [2.24, 2.45) is 5.92 Å². The first kappa shape index (κ1) is 21.9. The minimum absolute atomic E-state index is 0.106. The SMILES string of the molecule is CCCCc1nc2c(n1Cc1ccc(-c3ccccc3-c3nn[nH]n3)cc1)C(=O)C(C)C(C)=C2. The van der Waals surface area contributed by atoms with Gasteiger partial charge in [-0.25, -0.2) is 4.98 Å². The molecule has 1 atom stereocenters. The van der Waals surface area contributed by atoms with Gasteiger partial charge in [-0.05, 0) is 41.3 Å². The van der Waals surface area contributed by atoms with Crippen molar-refractivity contribution in [1.82, 2.24) is 30.2 Å². The molecular weight excluding hydrogens is 424 g/mol. The molecule has 0 saturated carbocycles. The number of hydrogen-bond acceptors (Lipinski definition) is 5. The summed E-state index contributed by atoms with van der Waals surface area (Å²) in [7, 11) is 0. The van der Waals surface area contributed by atoms with Crippen LogP contribution < -0.4 is 0 Å². The van der Waals surface area contributed by atoms with Gasteiger partial charge in [-0.2, -0.15) is 5.21 Å². The van der Waals surface area contributed by atoms with Crippen LogP contribution in [-0.2, 0) is 13.0 Å². The van der Waals surface area contributed by atoms with Crippen LogP contribution in [0.1, 0.15) is 61.2 Å². The lowest BCUT2D eigenvalue weighted by Crippen LogP contribution is -2.22. The van der Waals surface area contributed by atoms with E-state index in [-0.39, 0.29) is 11.7 Å². The highest BCUT2D eigenvalue weighted by molar-refractivity contribution is 6.03. The Bertz CT molecular complexity index is 1350. The third-order valence-electron chi connectivity index (χ3n) is 6.62. The van der Waals surface area contributed by atoms with Crippen molar-refractivity contribution in [2.75, 3.05) is 0 Å². The van der Waals surface area contributed by atoms with E-state index in [0.717, 1.165) is 64.3 Å². The zero-order valence-electron chi connectivity index (χ0n) is 19.7. The Morgan fingerprint density at radius 1 is 1.06 bits per heavy atom. The Hall–Kier alpha value is -3.87. The predicted molar refractivity (Wildman–Crippen MR) is 132 cm³/mol. The fraction of sp³-hybridized carbons (Fsp3) is 0.296. The number of allylic oxidation sites excluding steroid dienone is 1. The summed E-state index contributed by atoms with van der Waals surface area (Å²) < 4.78 is 2.13. The van der Waals surface area contributed by atoms with Crippen LogP contribution in [0.3, 0.4) is 0 Å². The van der Waals surface area contributed by atoms with Gasteiger partial charge >= 0.3 is 0 Å². The number of fused-ring (bicyclic) bond motifs is 1. The van der Waals surface area contributed by atoms with E-state index >= 15 is 0 Å². The fourth-order valence-electron chi connectivity index (χ4n) is 4.51. The molecule has 1 N–H and O–H groups in total.